The molecule has 1 unspecified atom stereocenters. The summed E-state index contributed by atoms with van der Waals surface area (Å²) in [4.78, 5) is 24.6. The third-order valence-electron chi connectivity index (χ3n) is 2.53. The Labute approximate surface area is 118 Å². The van der Waals surface area contributed by atoms with Crippen LogP contribution in [0.3, 0.4) is 0 Å². The van der Waals surface area contributed by atoms with E-state index in [9.17, 15) is 13.2 Å². The van der Waals surface area contributed by atoms with Crippen LogP contribution < -0.4 is 10.9 Å². The van der Waals surface area contributed by atoms with E-state index in [1.165, 1.54) is 6.33 Å². The first-order valence-corrected chi connectivity index (χ1v) is 7.18. The van der Waals surface area contributed by atoms with E-state index >= 15 is 0 Å². The molecular formula is C9H13N5O6S. The van der Waals surface area contributed by atoms with Crippen molar-refractivity contribution >= 4 is 27.5 Å². The second kappa shape index (κ2) is 6.17. The molecule has 5 N–H and O–H groups in total. The molecule has 2 aromatic heterocycles. The summed E-state index contributed by atoms with van der Waals surface area (Å²) in [5, 5.41) is 11.6. The van der Waals surface area contributed by atoms with Crippen molar-refractivity contribution in [2.75, 3.05) is 18.5 Å². The summed E-state index contributed by atoms with van der Waals surface area (Å²) < 4.78 is 33.8. The monoisotopic (exact) mass is 319 g/mol. The van der Waals surface area contributed by atoms with Gasteiger partial charge >= 0.3 is 10.4 Å². The summed E-state index contributed by atoms with van der Waals surface area (Å²) in [5.41, 5.74) is -0.0772. The molecule has 2 aromatic rings. The number of aliphatic hydroxyl groups excluding tert-OH is 1. The quantitative estimate of drug-likeness (QED) is 0.386. The van der Waals surface area contributed by atoms with Crippen molar-refractivity contribution in [3.05, 3.63) is 16.7 Å². The van der Waals surface area contributed by atoms with Gasteiger partial charge < -0.3 is 15.4 Å². The van der Waals surface area contributed by atoms with E-state index in [1.54, 1.807) is 0 Å². The van der Waals surface area contributed by atoms with E-state index in [1.807, 2.05) is 0 Å². The van der Waals surface area contributed by atoms with Crippen molar-refractivity contribution < 1.29 is 22.3 Å². The predicted molar refractivity (Wildman–Crippen MR) is 71.1 cm³/mol. The zero-order chi connectivity index (χ0) is 15.5. The maximum Gasteiger partial charge on any atom is 0.397 e. The van der Waals surface area contributed by atoms with Gasteiger partial charge in [-0.2, -0.15) is 13.4 Å². The average molecular weight is 319 g/mol. The molecule has 0 spiro atoms. The second-order valence-corrected chi connectivity index (χ2v) is 5.17. The summed E-state index contributed by atoms with van der Waals surface area (Å²) in [6.45, 7) is -0.705. The number of nitrogens with one attached hydrogen (secondary N) is 3. The third kappa shape index (κ3) is 4.22. The molecule has 0 amide bonds. The molecule has 0 aromatic carbocycles. The number of fused-ring (bicyclic) bond motifs is 1. The minimum absolute atomic E-state index is 0.0389. The highest BCUT2D eigenvalue weighted by atomic mass is 32.3. The third-order valence-corrected chi connectivity index (χ3v) is 2.97. The number of rotatable bonds is 7. The zero-order valence-corrected chi connectivity index (χ0v) is 11.4. The Kier molecular flexibility index (Phi) is 4.52. The zero-order valence-electron chi connectivity index (χ0n) is 10.6. The summed E-state index contributed by atoms with van der Waals surface area (Å²) in [6, 6.07) is -0.698. The van der Waals surface area contributed by atoms with Crippen LogP contribution in [0.2, 0.25) is 0 Å². The van der Waals surface area contributed by atoms with Gasteiger partial charge in [0.1, 0.15) is 0 Å². The molecular weight excluding hydrogens is 306 g/mol. The Balaban J connectivity index is 2.16. The SMILES string of the molecule is O=c1[nH]c(NC(CCO)COS(=O)(=O)O)nc2nc[nH]c12. The number of H-pyrrole nitrogens is 2. The van der Waals surface area contributed by atoms with Gasteiger partial charge in [0.05, 0.1) is 19.0 Å². The van der Waals surface area contributed by atoms with Crippen molar-refractivity contribution in [1.82, 2.24) is 19.9 Å². The van der Waals surface area contributed by atoms with E-state index in [4.69, 9.17) is 9.66 Å². The molecule has 21 heavy (non-hydrogen) atoms. The van der Waals surface area contributed by atoms with Crippen molar-refractivity contribution in [1.29, 1.82) is 0 Å². The largest absolute Gasteiger partial charge is 0.397 e. The number of imidazole rings is 1. The van der Waals surface area contributed by atoms with Crippen LogP contribution in [0.15, 0.2) is 11.1 Å². The van der Waals surface area contributed by atoms with Crippen LogP contribution in [0.25, 0.3) is 11.2 Å². The smallest absolute Gasteiger partial charge is 0.396 e. The molecule has 0 saturated heterocycles. The molecule has 0 aliphatic heterocycles. The fourth-order valence-corrected chi connectivity index (χ4v) is 1.96. The minimum Gasteiger partial charge on any atom is -0.396 e. The van der Waals surface area contributed by atoms with E-state index in [0.29, 0.717) is 0 Å². The first kappa shape index (κ1) is 15.4. The Bertz CT molecular complexity index is 768. The number of aromatic nitrogens is 4. The molecule has 0 aliphatic carbocycles. The fourth-order valence-electron chi connectivity index (χ4n) is 1.63. The number of aliphatic hydroxyl groups is 1. The lowest BCUT2D eigenvalue weighted by Crippen LogP contribution is -2.30. The van der Waals surface area contributed by atoms with Crippen molar-refractivity contribution in [3.8, 4) is 0 Å². The molecule has 12 heteroatoms. The molecule has 0 aliphatic rings. The summed E-state index contributed by atoms with van der Waals surface area (Å²) in [5.74, 6) is 0.0389. The van der Waals surface area contributed by atoms with E-state index in [2.05, 4.69) is 29.4 Å². The highest BCUT2D eigenvalue weighted by molar-refractivity contribution is 7.80. The average Bonchev–Trinajstić information content (AvgIpc) is 2.84. The van der Waals surface area contributed by atoms with Gasteiger partial charge in [-0.15, -0.1) is 0 Å². The van der Waals surface area contributed by atoms with Gasteiger partial charge in [-0.1, -0.05) is 0 Å². The highest BCUT2D eigenvalue weighted by Crippen LogP contribution is 2.07. The summed E-state index contributed by atoms with van der Waals surface area (Å²) >= 11 is 0. The van der Waals surface area contributed by atoms with Crippen LogP contribution >= 0.6 is 0 Å². The number of hydrogen-bond donors (Lipinski definition) is 5. The maximum atomic E-state index is 11.7. The first-order valence-electron chi connectivity index (χ1n) is 5.81. The summed E-state index contributed by atoms with van der Waals surface area (Å²) in [6.07, 6.45) is 1.42. The van der Waals surface area contributed by atoms with Crippen LogP contribution in [0.5, 0.6) is 0 Å². The van der Waals surface area contributed by atoms with Gasteiger partial charge in [0.15, 0.2) is 11.2 Å². The molecule has 0 fully saturated rings. The van der Waals surface area contributed by atoms with Crippen LogP contribution in [-0.2, 0) is 14.6 Å². The van der Waals surface area contributed by atoms with Crippen molar-refractivity contribution in [3.63, 3.8) is 0 Å². The van der Waals surface area contributed by atoms with Crippen LogP contribution in [0.4, 0.5) is 5.95 Å². The van der Waals surface area contributed by atoms with Crippen molar-refractivity contribution in [2.45, 2.75) is 12.5 Å². The van der Waals surface area contributed by atoms with Crippen molar-refractivity contribution in [2.24, 2.45) is 0 Å². The first-order chi connectivity index (χ1) is 9.89. The fraction of sp³-hybridized carbons (Fsp3) is 0.444. The molecule has 0 saturated carbocycles. The van der Waals surface area contributed by atoms with Gasteiger partial charge in [-0.3, -0.25) is 14.3 Å². The molecule has 116 valence electrons. The normalized spacial score (nSPS) is 13.4. The van der Waals surface area contributed by atoms with Gasteiger partial charge in [0, 0.05) is 6.61 Å². The number of nitrogens with zero attached hydrogens (tertiary/aromatic N) is 2. The lowest BCUT2D eigenvalue weighted by Gasteiger charge is -2.16. The Morgan fingerprint density at radius 3 is 2.90 bits per heavy atom. The van der Waals surface area contributed by atoms with Gasteiger partial charge in [0.25, 0.3) is 5.56 Å². The Morgan fingerprint density at radius 2 is 2.24 bits per heavy atom. The summed E-state index contributed by atoms with van der Waals surface area (Å²) in [7, 11) is -4.59. The second-order valence-electron chi connectivity index (χ2n) is 4.08. The minimum atomic E-state index is -4.59. The lowest BCUT2D eigenvalue weighted by molar-refractivity contribution is 0.225. The number of anilines is 1. The van der Waals surface area contributed by atoms with E-state index < -0.39 is 28.6 Å². The topological polar surface area (TPSA) is 170 Å². The lowest BCUT2D eigenvalue weighted by atomic mass is 10.2. The molecule has 2 rings (SSSR count). The van der Waals surface area contributed by atoms with E-state index in [0.717, 1.165) is 0 Å². The molecule has 0 radical (unpaired) electrons. The Hall–Kier alpha value is -2.02. The number of aromatic amines is 2. The van der Waals surface area contributed by atoms with Crippen LogP contribution in [0, 0.1) is 0 Å². The molecule has 1 atom stereocenters. The van der Waals surface area contributed by atoms with E-state index in [-0.39, 0.29) is 30.1 Å². The highest BCUT2D eigenvalue weighted by Gasteiger charge is 2.15. The Morgan fingerprint density at radius 1 is 1.48 bits per heavy atom. The predicted octanol–water partition coefficient (Wildman–Crippen LogP) is -1.37. The van der Waals surface area contributed by atoms with Gasteiger partial charge in [0.2, 0.25) is 5.95 Å². The van der Waals surface area contributed by atoms with Crippen LogP contribution in [0.1, 0.15) is 6.42 Å². The standard InChI is InChI=1S/C9H13N5O6S/c15-2-1-5(3-20-21(17,18)19)12-9-13-7-6(8(16)14-9)10-4-11-7/h4-5,15H,1-3H2,(H,17,18,19)(H3,10,11,12,13,14,16). The molecule has 11 nitrogen and oxygen atoms in total. The van der Waals surface area contributed by atoms with Gasteiger partial charge in [-0.05, 0) is 6.42 Å². The molecule has 0 bridgehead atoms. The van der Waals surface area contributed by atoms with Crippen LogP contribution in [-0.4, -0.2) is 57.3 Å². The van der Waals surface area contributed by atoms with Gasteiger partial charge in [-0.25, -0.2) is 9.17 Å². The molecule has 2 heterocycles. The maximum absolute atomic E-state index is 11.7. The number of hydrogen-bond acceptors (Lipinski definition) is 8.